The second-order valence-electron chi connectivity index (χ2n) is 17.2. The van der Waals surface area contributed by atoms with E-state index in [9.17, 15) is 28.0 Å². The van der Waals surface area contributed by atoms with Gasteiger partial charge in [-0.15, -0.1) is 0 Å². The third-order valence-electron chi connectivity index (χ3n) is 13.3. The molecule has 1 unspecified atom stereocenters. The van der Waals surface area contributed by atoms with Gasteiger partial charge in [0.25, 0.3) is 12.3 Å². The fourth-order valence-corrected chi connectivity index (χ4v) is 10.0. The van der Waals surface area contributed by atoms with E-state index in [-0.39, 0.29) is 53.9 Å². The van der Waals surface area contributed by atoms with E-state index in [4.69, 9.17) is 9.72 Å². The SMILES string of the molecule is Cn1c(=O)n(C2CCC(=O)NC2=O)c2cccc(C#CCN3CCN(C[C@H]4CC[C@H](n5cc(NC(=O)c6cnn7ccc(N8C[C@H]9C[C@@H]8CO9)nc67)c(C(F)F)n5)CC4)CC3)c21. The lowest BCUT2D eigenvalue weighted by Gasteiger charge is -2.37. The lowest BCUT2D eigenvalue weighted by Crippen LogP contribution is -2.48. The Kier molecular flexibility index (Phi) is 10.6. The number of imidazole rings is 1. The van der Waals surface area contributed by atoms with Crippen LogP contribution in [0.3, 0.4) is 0 Å². The molecule has 4 saturated heterocycles. The van der Waals surface area contributed by atoms with Crippen LogP contribution in [0.2, 0.25) is 0 Å². The van der Waals surface area contributed by atoms with Crippen LogP contribution in [0.1, 0.15) is 85.1 Å². The van der Waals surface area contributed by atoms with Gasteiger partial charge in [-0.3, -0.25) is 38.4 Å². The number of morpholine rings is 1. The van der Waals surface area contributed by atoms with Gasteiger partial charge in [0.15, 0.2) is 11.3 Å². The number of ether oxygens (including phenoxy) is 1. The Morgan fingerprint density at radius 1 is 1.03 bits per heavy atom. The van der Waals surface area contributed by atoms with Crippen molar-refractivity contribution in [3.05, 3.63) is 70.2 Å². The number of carbonyl (C=O) groups is 3. The topological polar surface area (TPSA) is 169 Å². The normalized spacial score (nSPS) is 24.6. The molecule has 8 heterocycles. The summed E-state index contributed by atoms with van der Waals surface area (Å²) < 4.78 is 40.4. The lowest BCUT2D eigenvalue weighted by atomic mass is 9.85. The standard InChI is InChI=1S/C43H48F2N12O5/c1-51-38-27(4-2-6-33(38)57(43(51)61)34-11-12-36(58)49-42(34)60)5-3-14-52-16-18-53(19-17-52)22-26-7-9-28(10-8-26)56-24-32(37(50-56)39(44)45)47-41(59)31-21-46-55-15-13-35(48-40(31)55)54-23-30-20-29(54)25-62-30/h2,4,6,13,15,21,24,26,28-30,34,39H,7-12,14,16-20,22-23,25H2,1H3,(H,47,59)(H,49,58,60)/t26-,28-,29-,30-,34?/m1/s1. The third-order valence-corrected chi connectivity index (χ3v) is 13.3. The van der Waals surface area contributed by atoms with Crippen LogP contribution in [-0.4, -0.2) is 126 Å². The fourth-order valence-electron chi connectivity index (χ4n) is 10.0. The molecule has 1 aromatic carbocycles. The zero-order valence-corrected chi connectivity index (χ0v) is 34.4. The molecule has 324 valence electrons. The van der Waals surface area contributed by atoms with E-state index in [0.717, 1.165) is 77.2 Å². The highest BCUT2D eigenvalue weighted by molar-refractivity contribution is 6.08. The van der Waals surface area contributed by atoms with Crippen LogP contribution in [-0.2, 0) is 21.4 Å². The average Bonchev–Trinajstić information content (AvgIpc) is 4.12. The molecular weight excluding hydrogens is 803 g/mol. The number of halogens is 2. The zero-order valence-electron chi connectivity index (χ0n) is 34.4. The molecule has 0 spiro atoms. The molecule has 0 radical (unpaired) electrons. The van der Waals surface area contributed by atoms with Crippen LogP contribution in [0.25, 0.3) is 16.7 Å². The Morgan fingerprint density at radius 3 is 2.58 bits per heavy atom. The summed E-state index contributed by atoms with van der Waals surface area (Å²) >= 11 is 0. The number of hydrogen-bond acceptors (Lipinski definition) is 11. The quantitative estimate of drug-likeness (QED) is 0.165. The molecule has 62 heavy (non-hydrogen) atoms. The predicted octanol–water partition coefficient (Wildman–Crippen LogP) is 3.12. The van der Waals surface area contributed by atoms with Crippen molar-refractivity contribution in [3.8, 4) is 11.8 Å². The highest BCUT2D eigenvalue weighted by Crippen LogP contribution is 2.36. The Balaban J connectivity index is 0.718. The third kappa shape index (κ3) is 7.53. The van der Waals surface area contributed by atoms with Gasteiger partial charge in [-0.1, -0.05) is 17.9 Å². The van der Waals surface area contributed by atoms with Gasteiger partial charge in [-0.05, 0) is 62.6 Å². The number of rotatable bonds is 9. The van der Waals surface area contributed by atoms with Crippen molar-refractivity contribution in [2.75, 3.05) is 62.6 Å². The van der Waals surface area contributed by atoms with Crippen molar-refractivity contribution in [1.29, 1.82) is 0 Å². The van der Waals surface area contributed by atoms with Crippen molar-refractivity contribution in [2.45, 2.75) is 75.6 Å². The minimum atomic E-state index is -2.86. The maximum absolute atomic E-state index is 14.3. The number of hydrogen-bond donors (Lipinski definition) is 2. The van der Waals surface area contributed by atoms with E-state index >= 15 is 0 Å². The monoisotopic (exact) mass is 850 g/mol. The highest BCUT2D eigenvalue weighted by Gasteiger charge is 2.40. The van der Waals surface area contributed by atoms with Gasteiger partial charge >= 0.3 is 5.69 Å². The maximum atomic E-state index is 14.3. The van der Waals surface area contributed by atoms with Gasteiger partial charge in [0, 0.05) is 65.1 Å². The molecule has 4 aliphatic heterocycles. The smallest absolute Gasteiger partial charge is 0.329 e. The van der Waals surface area contributed by atoms with Crippen molar-refractivity contribution in [1.82, 2.24) is 48.6 Å². The first kappa shape index (κ1) is 40.1. The summed E-state index contributed by atoms with van der Waals surface area (Å²) in [6.45, 7) is 6.50. The second kappa shape index (κ2) is 16.4. The number of benzene rings is 1. The summed E-state index contributed by atoms with van der Waals surface area (Å²) in [5.41, 5.74) is 1.75. The van der Waals surface area contributed by atoms with Crippen molar-refractivity contribution >= 4 is 45.9 Å². The van der Waals surface area contributed by atoms with Gasteiger partial charge in [-0.25, -0.2) is 23.1 Å². The largest absolute Gasteiger partial charge is 0.374 e. The second-order valence-corrected chi connectivity index (χ2v) is 17.2. The number of piperidine rings is 1. The summed E-state index contributed by atoms with van der Waals surface area (Å²) in [5.74, 6) is 6.41. The number of anilines is 2. The molecule has 10 rings (SSSR count). The molecule has 3 atom stereocenters. The van der Waals surface area contributed by atoms with E-state index < -0.39 is 30.0 Å². The van der Waals surface area contributed by atoms with Crippen LogP contribution in [0.5, 0.6) is 0 Å². The Bertz CT molecular complexity index is 2680. The number of amides is 3. The number of aromatic nitrogens is 7. The molecule has 17 nitrogen and oxygen atoms in total. The Hall–Kier alpha value is -5.97. The van der Waals surface area contributed by atoms with Gasteiger partial charge in [-0.2, -0.15) is 10.2 Å². The number of nitrogens with one attached hydrogen (secondary N) is 2. The first-order valence-corrected chi connectivity index (χ1v) is 21.5. The van der Waals surface area contributed by atoms with Crippen LogP contribution in [0.15, 0.2) is 47.7 Å². The summed E-state index contributed by atoms with van der Waals surface area (Å²) in [4.78, 5) is 62.9. The number of carbonyl (C=O) groups excluding carboxylic acids is 3. The minimum Gasteiger partial charge on any atom is -0.374 e. The molecule has 5 aliphatic rings. The van der Waals surface area contributed by atoms with Gasteiger partial charge < -0.3 is 19.9 Å². The van der Waals surface area contributed by atoms with E-state index in [0.29, 0.717) is 41.3 Å². The molecule has 3 amide bonds. The predicted molar refractivity (Wildman–Crippen MR) is 223 cm³/mol. The van der Waals surface area contributed by atoms with Gasteiger partial charge in [0.2, 0.25) is 11.8 Å². The highest BCUT2D eigenvalue weighted by atomic mass is 19.3. The summed E-state index contributed by atoms with van der Waals surface area (Å²) in [7, 11) is 1.68. The summed E-state index contributed by atoms with van der Waals surface area (Å²) in [6, 6.07) is 6.83. The molecule has 4 aromatic heterocycles. The Labute approximate surface area is 355 Å². The Morgan fingerprint density at radius 2 is 1.84 bits per heavy atom. The molecule has 1 saturated carbocycles. The van der Waals surface area contributed by atoms with Crippen LogP contribution >= 0.6 is 0 Å². The molecular formula is C43H48F2N12O5. The van der Waals surface area contributed by atoms with Crippen LogP contribution < -0.4 is 21.2 Å². The molecule has 2 N–H and O–H groups in total. The summed E-state index contributed by atoms with van der Waals surface area (Å²) in [5, 5.41) is 13.6. The van der Waals surface area contributed by atoms with Crippen molar-refractivity contribution in [3.63, 3.8) is 0 Å². The van der Waals surface area contributed by atoms with Crippen LogP contribution in [0.4, 0.5) is 20.3 Å². The molecule has 19 heteroatoms. The van der Waals surface area contributed by atoms with Gasteiger partial charge in [0.05, 0.1) is 59.8 Å². The zero-order chi connectivity index (χ0) is 42.6. The maximum Gasteiger partial charge on any atom is 0.329 e. The van der Waals surface area contributed by atoms with E-state index in [2.05, 4.69) is 47.4 Å². The average molecular weight is 851 g/mol. The number of piperazine rings is 1. The minimum absolute atomic E-state index is 0.00858. The number of fused-ring (bicyclic) bond motifs is 4. The first-order valence-electron chi connectivity index (χ1n) is 21.5. The van der Waals surface area contributed by atoms with Gasteiger partial charge in [0.1, 0.15) is 17.4 Å². The fraction of sp³-hybridized carbons (Fsp3) is 0.512. The molecule has 1 aliphatic carbocycles. The molecule has 2 bridgehead atoms. The number of nitrogens with zero attached hydrogens (tertiary/aromatic N) is 10. The van der Waals surface area contributed by atoms with Crippen molar-refractivity contribution in [2.24, 2.45) is 13.0 Å². The van der Waals surface area contributed by atoms with Crippen molar-refractivity contribution < 1.29 is 27.9 Å². The van der Waals surface area contributed by atoms with E-state index in [1.807, 2.05) is 24.3 Å². The number of alkyl halides is 2. The summed E-state index contributed by atoms with van der Waals surface area (Å²) in [6.07, 6.45) is 6.91. The number of aryl methyl sites for hydroxylation is 1. The number of para-hydroxylation sites is 1. The van der Waals surface area contributed by atoms with Crippen LogP contribution in [0, 0.1) is 17.8 Å². The number of imide groups is 1. The molecule has 5 aromatic rings. The van der Waals surface area contributed by atoms with E-state index in [1.54, 1.807) is 17.9 Å². The molecule has 5 fully saturated rings. The van der Waals surface area contributed by atoms with E-state index in [1.165, 1.54) is 26.0 Å². The first-order chi connectivity index (χ1) is 30.1. The lowest BCUT2D eigenvalue weighted by molar-refractivity contribution is -0.135.